The Balaban J connectivity index is 0.00000441. The summed E-state index contributed by atoms with van der Waals surface area (Å²) in [6.07, 6.45) is 2.18. The van der Waals surface area contributed by atoms with Gasteiger partial charge in [-0.2, -0.15) is 0 Å². The fraction of sp³-hybridized carbons (Fsp3) is 0.643. The van der Waals surface area contributed by atoms with E-state index < -0.39 is 4.92 Å². The molecule has 1 aromatic rings. The van der Waals surface area contributed by atoms with Crippen LogP contribution in [-0.4, -0.2) is 41.9 Å². The molecular formula is C14H24ClN3O3S. The molecule has 0 atom stereocenters. The van der Waals surface area contributed by atoms with Crippen molar-refractivity contribution in [1.29, 1.82) is 0 Å². The van der Waals surface area contributed by atoms with Crippen LogP contribution >= 0.6 is 23.7 Å². The van der Waals surface area contributed by atoms with Gasteiger partial charge in [-0.3, -0.25) is 14.9 Å². The van der Waals surface area contributed by atoms with Crippen molar-refractivity contribution < 1.29 is 9.72 Å². The van der Waals surface area contributed by atoms with Gasteiger partial charge >= 0.3 is 0 Å². The van der Waals surface area contributed by atoms with Gasteiger partial charge in [0.1, 0.15) is 0 Å². The van der Waals surface area contributed by atoms with Gasteiger partial charge in [-0.1, -0.05) is 13.8 Å². The molecule has 0 aliphatic carbocycles. The van der Waals surface area contributed by atoms with Crippen LogP contribution in [0, 0.1) is 17.0 Å². The molecule has 0 bridgehead atoms. The molecule has 0 saturated carbocycles. The summed E-state index contributed by atoms with van der Waals surface area (Å²) in [4.78, 5) is 25.6. The van der Waals surface area contributed by atoms with E-state index in [1.54, 1.807) is 6.92 Å². The van der Waals surface area contributed by atoms with Crippen LogP contribution in [0.5, 0.6) is 0 Å². The van der Waals surface area contributed by atoms with E-state index in [4.69, 9.17) is 0 Å². The van der Waals surface area contributed by atoms with Crippen molar-refractivity contribution in [2.45, 2.75) is 33.6 Å². The minimum absolute atomic E-state index is 0. The predicted octanol–water partition coefficient (Wildman–Crippen LogP) is 3.24. The Bertz CT molecular complexity index is 488. The average Bonchev–Trinajstić information content (AvgIpc) is 2.81. The monoisotopic (exact) mass is 349 g/mol. The quantitative estimate of drug-likeness (QED) is 0.548. The van der Waals surface area contributed by atoms with Crippen molar-refractivity contribution >= 4 is 35.3 Å². The van der Waals surface area contributed by atoms with Gasteiger partial charge in [0.05, 0.1) is 14.7 Å². The summed E-state index contributed by atoms with van der Waals surface area (Å²) in [7, 11) is 0. The van der Waals surface area contributed by atoms with Gasteiger partial charge in [-0.05, 0) is 32.9 Å². The molecule has 0 fully saturated rings. The number of hydrogen-bond acceptors (Lipinski definition) is 5. The first kappa shape index (κ1) is 20.8. The highest BCUT2D eigenvalue weighted by Gasteiger charge is 2.19. The first-order valence-electron chi connectivity index (χ1n) is 7.24. The number of aryl methyl sites for hydroxylation is 1. The number of hydrogen-bond donors (Lipinski definition) is 1. The predicted molar refractivity (Wildman–Crippen MR) is 92.3 cm³/mol. The minimum atomic E-state index is -0.452. The lowest BCUT2D eigenvalue weighted by molar-refractivity contribution is -0.385. The van der Waals surface area contributed by atoms with E-state index >= 15 is 0 Å². The third kappa shape index (κ3) is 6.29. The maximum Gasteiger partial charge on any atom is 0.283 e. The molecule has 22 heavy (non-hydrogen) atoms. The summed E-state index contributed by atoms with van der Waals surface area (Å²) in [5, 5.41) is 13.6. The summed E-state index contributed by atoms with van der Waals surface area (Å²) in [6.45, 7) is 9.33. The smallest absolute Gasteiger partial charge is 0.283 e. The molecule has 0 aliphatic rings. The first-order valence-corrected chi connectivity index (χ1v) is 8.06. The van der Waals surface area contributed by atoms with Gasteiger partial charge in [0.15, 0.2) is 0 Å². The number of rotatable bonds is 9. The largest absolute Gasteiger partial charge is 0.350 e. The molecule has 0 aromatic carbocycles. The van der Waals surface area contributed by atoms with Gasteiger partial charge in [0.2, 0.25) is 0 Å². The fourth-order valence-corrected chi connectivity index (χ4v) is 3.05. The van der Waals surface area contributed by atoms with Crippen LogP contribution in [0.1, 0.15) is 41.2 Å². The SMILES string of the molecule is CCCN(CCC)CCNC(=O)c1cc([N+](=O)[O-])c(C)s1.Cl. The Hall–Kier alpha value is -1.18. The van der Waals surface area contributed by atoms with Gasteiger partial charge in [-0.25, -0.2) is 0 Å². The number of carbonyl (C=O) groups is 1. The second-order valence-electron chi connectivity index (χ2n) is 4.91. The minimum Gasteiger partial charge on any atom is -0.350 e. The van der Waals surface area contributed by atoms with E-state index in [2.05, 4.69) is 24.1 Å². The second kappa shape index (κ2) is 10.5. The van der Waals surface area contributed by atoms with Crippen molar-refractivity contribution in [2.24, 2.45) is 0 Å². The second-order valence-corrected chi connectivity index (χ2v) is 6.16. The van der Waals surface area contributed by atoms with Crippen LogP contribution in [0.4, 0.5) is 5.69 Å². The molecule has 1 amide bonds. The van der Waals surface area contributed by atoms with Crippen LogP contribution < -0.4 is 5.32 Å². The lowest BCUT2D eigenvalue weighted by Gasteiger charge is -2.20. The molecule has 8 heteroatoms. The zero-order chi connectivity index (χ0) is 15.8. The Labute approximate surface area is 141 Å². The fourth-order valence-electron chi connectivity index (χ4n) is 2.15. The summed E-state index contributed by atoms with van der Waals surface area (Å²) < 4.78 is 0. The molecule has 6 nitrogen and oxygen atoms in total. The molecule has 1 heterocycles. The highest BCUT2D eigenvalue weighted by Crippen LogP contribution is 2.27. The molecule has 0 saturated heterocycles. The molecule has 0 spiro atoms. The lowest BCUT2D eigenvalue weighted by Crippen LogP contribution is -2.35. The van der Waals surface area contributed by atoms with E-state index in [9.17, 15) is 14.9 Å². The molecule has 1 aromatic heterocycles. The highest BCUT2D eigenvalue weighted by molar-refractivity contribution is 7.14. The summed E-state index contributed by atoms with van der Waals surface area (Å²) in [5.74, 6) is -0.232. The Morgan fingerprint density at radius 2 is 1.91 bits per heavy atom. The van der Waals surface area contributed by atoms with Crippen molar-refractivity contribution in [3.63, 3.8) is 0 Å². The number of carbonyl (C=O) groups excluding carboxylic acids is 1. The van der Waals surface area contributed by atoms with Gasteiger partial charge in [-0.15, -0.1) is 23.7 Å². The zero-order valence-corrected chi connectivity index (χ0v) is 14.9. The topological polar surface area (TPSA) is 75.5 Å². The third-order valence-corrected chi connectivity index (χ3v) is 4.14. The Morgan fingerprint density at radius 3 is 2.36 bits per heavy atom. The number of nitro groups is 1. The maximum absolute atomic E-state index is 12.0. The van der Waals surface area contributed by atoms with E-state index in [0.29, 0.717) is 16.3 Å². The van der Waals surface area contributed by atoms with E-state index in [1.165, 1.54) is 6.07 Å². The number of halogens is 1. The Morgan fingerprint density at radius 1 is 1.32 bits per heavy atom. The van der Waals surface area contributed by atoms with Crippen molar-refractivity contribution in [2.75, 3.05) is 26.2 Å². The first-order chi connectivity index (χ1) is 9.99. The summed E-state index contributed by atoms with van der Waals surface area (Å²) in [5.41, 5.74) is 0.0174. The standard InChI is InChI=1S/C14H23N3O3S.ClH/c1-4-7-16(8-5-2)9-6-15-14(18)13-10-12(17(19)20)11(3)21-13;/h10H,4-9H2,1-3H3,(H,15,18);1H. The molecule has 1 N–H and O–H groups in total. The average molecular weight is 350 g/mol. The molecule has 0 radical (unpaired) electrons. The highest BCUT2D eigenvalue weighted by atomic mass is 35.5. The van der Waals surface area contributed by atoms with Gasteiger partial charge in [0.25, 0.3) is 11.6 Å². The normalized spacial score (nSPS) is 10.4. The van der Waals surface area contributed by atoms with E-state index in [-0.39, 0.29) is 24.0 Å². The number of amides is 1. The maximum atomic E-state index is 12.0. The number of nitrogens with zero attached hydrogens (tertiary/aromatic N) is 2. The van der Waals surface area contributed by atoms with Crippen LogP contribution in [0.25, 0.3) is 0 Å². The molecule has 0 unspecified atom stereocenters. The molecule has 126 valence electrons. The Kier molecular flexibility index (Phi) is 9.97. The summed E-state index contributed by atoms with van der Waals surface area (Å²) >= 11 is 1.16. The molecule has 1 rings (SSSR count). The van der Waals surface area contributed by atoms with E-state index in [1.807, 2.05) is 0 Å². The number of nitrogens with one attached hydrogen (secondary N) is 1. The van der Waals surface area contributed by atoms with Gasteiger partial charge < -0.3 is 10.2 Å². The van der Waals surface area contributed by atoms with Crippen LogP contribution in [-0.2, 0) is 0 Å². The van der Waals surface area contributed by atoms with Crippen molar-refractivity contribution in [1.82, 2.24) is 10.2 Å². The van der Waals surface area contributed by atoms with Crippen molar-refractivity contribution in [3.8, 4) is 0 Å². The van der Waals surface area contributed by atoms with Crippen molar-refractivity contribution in [3.05, 3.63) is 25.9 Å². The molecule has 0 aliphatic heterocycles. The van der Waals surface area contributed by atoms with Crippen LogP contribution in [0.2, 0.25) is 0 Å². The van der Waals surface area contributed by atoms with Gasteiger partial charge in [0, 0.05) is 19.2 Å². The summed E-state index contributed by atoms with van der Waals surface area (Å²) in [6, 6.07) is 1.35. The number of thiophene rings is 1. The third-order valence-electron chi connectivity index (χ3n) is 3.11. The van der Waals surface area contributed by atoms with E-state index in [0.717, 1.165) is 43.8 Å². The van der Waals surface area contributed by atoms with Crippen LogP contribution in [0.15, 0.2) is 6.07 Å². The molecular weight excluding hydrogens is 326 g/mol. The lowest BCUT2D eigenvalue weighted by atomic mass is 10.3. The van der Waals surface area contributed by atoms with Crippen LogP contribution in [0.3, 0.4) is 0 Å². The zero-order valence-electron chi connectivity index (χ0n) is 13.3.